The summed E-state index contributed by atoms with van der Waals surface area (Å²) >= 11 is 5.70. The van der Waals surface area contributed by atoms with Gasteiger partial charge in [-0.3, -0.25) is 4.79 Å². The molecule has 0 atom stereocenters. The Kier molecular flexibility index (Phi) is 5.26. The number of halogens is 1. The molecule has 1 amide bonds. The van der Waals surface area contributed by atoms with Gasteiger partial charge in [0.1, 0.15) is 5.69 Å². The average Bonchev–Trinajstić information content (AvgIpc) is 2.64. The monoisotopic (exact) mass is 228 g/mol. The maximum absolute atomic E-state index is 11.5. The number of carbonyl (C=O) groups is 1. The van der Waals surface area contributed by atoms with Crippen molar-refractivity contribution in [2.75, 3.05) is 6.54 Å². The lowest BCUT2D eigenvalue weighted by Crippen LogP contribution is -2.24. The minimum absolute atomic E-state index is 0.0848. The van der Waals surface area contributed by atoms with Crippen LogP contribution in [0, 0.1) is 0 Å². The first-order valence-corrected chi connectivity index (χ1v) is 5.74. The fourth-order valence-corrected chi connectivity index (χ4v) is 1.51. The molecule has 0 fully saturated rings. The van der Waals surface area contributed by atoms with Crippen molar-refractivity contribution in [3.05, 3.63) is 23.0 Å². The van der Waals surface area contributed by atoms with Crippen LogP contribution in [0.3, 0.4) is 0 Å². The van der Waals surface area contributed by atoms with Crippen LogP contribution in [0.1, 0.15) is 43.1 Å². The second-order valence-corrected chi connectivity index (χ2v) is 3.98. The molecule has 4 heteroatoms. The molecule has 0 aliphatic heterocycles. The van der Waals surface area contributed by atoms with Crippen LogP contribution >= 0.6 is 11.6 Å². The second-order valence-electron chi connectivity index (χ2n) is 3.55. The smallest absolute Gasteiger partial charge is 0.267 e. The zero-order valence-electron chi connectivity index (χ0n) is 8.98. The Morgan fingerprint density at radius 3 is 2.87 bits per heavy atom. The van der Waals surface area contributed by atoms with E-state index in [0.717, 1.165) is 13.0 Å². The third-order valence-corrected chi connectivity index (χ3v) is 2.43. The summed E-state index contributed by atoms with van der Waals surface area (Å²) in [7, 11) is 0. The highest BCUT2D eigenvalue weighted by Gasteiger charge is 2.06. The predicted octanol–water partition coefficient (Wildman–Crippen LogP) is 2.98. The molecule has 1 rings (SSSR count). The van der Waals surface area contributed by atoms with Crippen molar-refractivity contribution in [2.24, 2.45) is 0 Å². The van der Waals surface area contributed by atoms with Crippen molar-refractivity contribution in [3.8, 4) is 0 Å². The third-order valence-electron chi connectivity index (χ3n) is 2.21. The first kappa shape index (κ1) is 12.1. The fourth-order valence-electron chi connectivity index (χ4n) is 1.35. The molecule has 15 heavy (non-hydrogen) atoms. The summed E-state index contributed by atoms with van der Waals surface area (Å²) in [5.74, 6) is -0.0848. The first-order chi connectivity index (χ1) is 7.24. The van der Waals surface area contributed by atoms with Crippen LogP contribution in [-0.4, -0.2) is 17.4 Å². The molecule has 0 saturated heterocycles. The third kappa shape index (κ3) is 4.38. The van der Waals surface area contributed by atoms with Gasteiger partial charge in [-0.25, -0.2) is 0 Å². The van der Waals surface area contributed by atoms with Crippen molar-refractivity contribution >= 4 is 17.5 Å². The van der Waals surface area contributed by atoms with Crippen molar-refractivity contribution in [1.82, 2.24) is 10.3 Å². The van der Waals surface area contributed by atoms with Crippen molar-refractivity contribution in [1.29, 1.82) is 0 Å². The number of H-pyrrole nitrogens is 1. The van der Waals surface area contributed by atoms with E-state index < -0.39 is 0 Å². The maximum Gasteiger partial charge on any atom is 0.267 e. The lowest BCUT2D eigenvalue weighted by atomic mass is 10.2. The maximum atomic E-state index is 11.5. The first-order valence-electron chi connectivity index (χ1n) is 5.36. The molecule has 0 unspecified atom stereocenters. The predicted molar refractivity (Wildman–Crippen MR) is 62.3 cm³/mol. The summed E-state index contributed by atoms with van der Waals surface area (Å²) in [5, 5.41) is 3.40. The SMILES string of the molecule is CCCCCCNC(=O)c1cc(Cl)c[nH]1. The van der Waals surface area contributed by atoms with Gasteiger partial charge in [0, 0.05) is 12.7 Å². The number of nitrogens with one attached hydrogen (secondary N) is 2. The molecule has 1 aromatic rings. The molecule has 1 aromatic heterocycles. The zero-order valence-corrected chi connectivity index (χ0v) is 9.73. The van der Waals surface area contributed by atoms with Crippen molar-refractivity contribution in [3.63, 3.8) is 0 Å². The topological polar surface area (TPSA) is 44.9 Å². The van der Waals surface area contributed by atoms with Crippen LogP contribution in [0.4, 0.5) is 0 Å². The van der Waals surface area contributed by atoms with E-state index in [1.54, 1.807) is 12.3 Å². The van der Waals surface area contributed by atoms with E-state index in [2.05, 4.69) is 17.2 Å². The number of unbranched alkanes of at least 4 members (excludes halogenated alkanes) is 3. The molecule has 0 bridgehead atoms. The van der Waals surface area contributed by atoms with Crippen LogP contribution in [0.25, 0.3) is 0 Å². The number of hydrogen-bond donors (Lipinski definition) is 2. The largest absolute Gasteiger partial charge is 0.356 e. The Hall–Kier alpha value is -0.960. The second kappa shape index (κ2) is 6.51. The summed E-state index contributed by atoms with van der Waals surface area (Å²) in [4.78, 5) is 14.3. The van der Waals surface area contributed by atoms with Gasteiger partial charge in [-0.05, 0) is 12.5 Å². The summed E-state index contributed by atoms with van der Waals surface area (Å²) in [6.07, 6.45) is 6.24. The van der Waals surface area contributed by atoms with Crippen LogP contribution in [0.15, 0.2) is 12.3 Å². The van der Waals surface area contributed by atoms with E-state index in [9.17, 15) is 4.79 Å². The molecule has 0 aliphatic carbocycles. The van der Waals surface area contributed by atoms with E-state index in [0.29, 0.717) is 10.7 Å². The van der Waals surface area contributed by atoms with Crippen molar-refractivity contribution < 1.29 is 4.79 Å². The highest BCUT2D eigenvalue weighted by Crippen LogP contribution is 2.09. The summed E-state index contributed by atoms with van der Waals surface area (Å²) < 4.78 is 0. The van der Waals surface area contributed by atoms with Gasteiger partial charge >= 0.3 is 0 Å². The van der Waals surface area contributed by atoms with Gasteiger partial charge in [0.05, 0.1) is 5.02 Å². The van der Waals surface area contributed by atoms with Crippen LogP contribution in [0.5, 0.6) is 0 Å². The van der Waals surface area contributed by atoms with Gasteiger partial charge < -0.3 is 10.3 Å². The molecule has 2 N–H and O–H groups in total. The van der Waals surface area contributed by atoms with Crippen LogP contribution in [-0.2, 0) is 0 Å². The van der Waals surface area contributed by atoms with Crippen LogP contribution in [0.2, 0.25) is 5.02 Å². The Morgan fingerprint density at radius 2 is 2.27 bits per heavy atom. The van der Waals surface area contributed by atoms with Gasteiger partial charge in [0.2, 0.25) is 0 Å². The van der Waals surface area contributed by atoms with Gasteiger partial charge in [-0.1, -0.05) is 37.8 Å². The number of aromatic nitrogens is 1. The minimum atomic E-state index is -0.0848. The zero-order chi connectivity index (χ0) is 11.1. The Balaban J connectivity index is 2.19. The average molecular weight is 229 g/mol. The van der Waals surface area contributed by atoms with E-state index in [-0.39, 0.29) is 5.91 Å². The lowest BCUT2D eigenvalue weighted by molar-refractivity contribution is 0.0948. The molecular weight excluding hydrogens is 212 g/mol. The standard InChI is InChI=1S/C11H17ClN2O/c1-2-3-4-5-6-13-11(15)10-7-9(12)8-14-10/h7-8,14H,2-6H2,1H3,(H,13,15). The van der Waals surface area contributed by atoms with E-state index in [1.165, 1.54) is 19.3 Å². The molecule has 0 saturated carbocycles. The molecular formula is C11H17ClN2O. The van der Waals surface area contributed by atoms with E-state index in [4.69, 9.17) is 11.6 Å². The molecule has 84 valence electrons. The number of carbonyl (C=O) groups excluding carboxylic acids is 1. The van der Waals surface area contributed by atoms with Gasteiger partial charge in [-0.15, -0.1) is 0 Å². The number of amides is 1. The van der Waals surface area contributed by atoms with Gasteiger partial charge in [-0.2, -0.15) is 0 Å². The van der Waals surface area contributed by atoms with Gasteiger partial charge in [0.15, 0.2) is 0 Å². The Labute approximate surface area is 95.2 Å². The molecule has 0 radical (unpaired) electrons. The summed E-state index contributed by atoms with van der Waals surface area (Å²) in [5.41, 5.74) is 0.524. The van der Waals surface area contributed by atoms with E-state index in [1.807, 2.05) is 0 Å². The van der Waals surface area contributed by atoms with Crippen LogP contribution < -0.4 is 5.32 Å². The fraction of sp³-hybridized carbons (Fsp3) is 0.545. The normalized spacial score (nSPS) is 10.3. The molecule has 3 nitrogen and oxygen atoms in total. The van der Waals surface area contributed by atoms with Crippen molar-refractivity contribution in [2.45, 2.75) is 32.6 Å². The highest BCUT2D eigenvalue weighted by molar-refractivity contribution is 6.30. The number of rotatable bonds is 6. The van der Waals surface area contributed by atoms with E-state index >= 15 is 0 Å². The quantitative estimate of drug-likeness (QED) is 0.723. The summed E-state index contributed by atoms with van der Waals surface area (Å²) in [6.45, 7) is 2.90. The Morgan fingerprint density at radius 1 is 1.47 bits per heavy atom. The van der Waals surface area contributed by atoms with Gasteiger partial charge in [0.25, 0.3) is 5.91 Å². The molecule has 0 aliphatic rings. The Bertz CT molecular complexity index is 309. The molecule has 0 spiro atoms. The summed E-state index contributed by atoms with van der Waals surface area (Å²) in [6, 6.07) is 1.63. The highest BCUT2D eigenvalue weighted by atomic mass is 35.5. The molecule has 1 heterocycles. The minimum Gasteiger partial charge on any atom is -0.356 e. The number of hydrogen-bond acceptors (Lipinski definition) is 1. The lowest BCUT2D eigenvalue weighted by Gasteiger charge is -2.02. The number of aromatic amines is 1. The molecule has 0 aromatic carbocycles.